The topological polar surface area (TPSA) is 86.8 Å². The van der Waals surface area contributed by atoms with Crippen LogP contribution in [-0.4, -0.2) is 50.0 Å². The summed E-state index contributed by atoms with van der Waals surface area (Å²) < 4.78 is 53.0. The number of hydrogen-bond donors (Lipinski definition) is 1. The number of carbonyl (C=O) groups excluding carboxylic acids is 2. The zero-order valence-electron chi connectivity index (χ0n) is 20.4. The predicted octanol–water partition coefficient (Wildman–Crippen LogP) is 4.76. The van der Waals surface area contributed by atoms with Crippen LogP contribution in [0.4, 0.5) is 14.5 Å². The number of hydrogen-bond acceptors (Lipinski definition) is 4. The lowest BCUT2D eigenvalue weighted by atomic mass is 10.1. The molecule has 0 unspecified atom stereocenters. The lowest BCUT2D eigenvalue weighted by Gasteiger charge is -2.33. The van der Waals surface area contributed by atoms with Crippen LogP contribution in [0, 0.1) is 11.6 Å². The van der Waals surface area contributed by atoms with E-state index in [1.165, 1.54) is 4.90 Å². The third kappa shape index (κ3) is 7.78. The minimum atomic E-state index is -4.08. The van der Waals surface area contributed by atoms with Crippen molar-refractivity contribution in [2.45, 2.75) is 52.2 Å². The Kier molecular flexibility index (Phi) is 10.5. The highest BCUT2D eigenvalue weighted by atomic mass is 35.5. The molecule has 0 aliphatic heterocycles. The molecule has 12 heteroatoms. The van der Waals surface area contributed by atoms with E-state index < -0.39 is 46.1 Å². The second-order valence-corrected chi connectivity index (χ2v) is 11.1. The second kappa shape index (κ2) is 12.7. The fraction of sp³-hybridized carbons (Fsp3) is 0.417. The van der Waals surface area contributed by atoms with E-state index in [2.05, 4.69) is 5.32 Å². The SMILES string of the molecule is CC[C@@H](C)NC(=O)[C@H](CC)N(Cc1ccc(Cl)c(Cl)c1)C(=O)CN(c1ccc(F)c(F)c1)S(C)(=O)=O. The van der Waals surface area contributed by atoms with E-state index in [-0.39, 0.29) is 29.7 Å². The van der Waals surface area contributed by atoms with Gasteiger partial charge in [-0.1, -0.05) is 43.1 Å². The van der Waals surface area contributed by atoms with Crippen molar-refractivity contribution in [3.8, 4) is 0 Å². The second-order valence-electron chi connectivity index (χ2n) is 8.38. The fourth-order valence-electron chi connectivity index (χ4n) is 3.45. The zero-order valence-corrected chi connectivity index (χ0v) is 22.7. The average Bonchev–Trinajstić information content (AvgIpc) is 2.80. The Hall–Kier alpha value is -2.43. The number of nitrogens with zero attached hydrogens (tertiary/aromatic N) is 2. The molecule has 0 saturated heterocycles. The maximum absolute atomic E-state index is 13.9. The van der Waals surface area contributed by atoms with Crippen molar-refractivity contribution in [1.82, 2.24) is 10.2 Å². The van der Waals surface area contributed by atoms with Crippen LogP contribution in [0.3, 0.4) is 0 Å². The van der Waals surface area contributed by atoms with Crippen LogP contribution in [0.2, 0.25) is 10.0 Å². The largest absolute Gasteiger partial charge is 0.352 e. The molecule has 2 amide bonds. The molecule has 1 N–H and O–H groups in total. The summed E-state index contributed by atoms with van der Waals surface area (Å²) in [6.45, 7) is 4.64. The molecule has 36 heavy (non-hydrogen) atoms. The Labute approximate surface area is 220 Å². The van der Waals surface area contributed by atoms with Crippen molar-refractivity contribution < 1.29 is 26.8 Å². The molecule has 0 bridgehead atoms. The van der Waals surface area contributed by atoms with Crippen LogP contribution in [0.25, 0.3) is 0 Å². The van der Waals surface area contributed by atoms with E-state index in [4.69, 9.17) is 23.2 Å². The molecule has 7 nitrogen and oxygen atoms in total. The number of nitrogens with one attached hydrogen (secondary N) is 1. The number of amides is 2. The van der Waals surface area contributed by atoms with Crippen molar-refractivity contribution in [3.63, 3.8) is 0 Å². The van der Waals surface area contributed by atoms with E-state index in [9.17, 15) is 26.8 Å². The molecule has 2 rings (SSSR count). The fourth-order valence-corrected chi connectivity index (χ4v) is 4.61. The highest BCUT2D eigenvalue weighted by Crippen LogP contribution is 2.25. The molecule has 0 heterocycles. The number of halogens is 4. The number of rotatable bonds is 11. The number of sulfonamides is 1. The van der Waals surface area contributed by atoms with E-state index >= 15 is 0 Å². The summed E-state index contributed by atoms with van der Waals surface area (Å²) >= 11 is 12.1. The zero-order chi connectivity index (χ0) is 27.2. The Morgan fingerprint density at radius 3 is 2.19 bits per heavy atom. The van der Waals surface area contributed by atoms with Gasteiger partial charge in [-0.25, -0.2) is 17.2 Å². The van der Waals surface area contributed by atoms with Gasteiger partial charge in [0.05, 0.1) is 22.0 Å². The molecule has 2 aromatic carbocycles. The molecule has 0 aliphatic rings. The van der Waals surface area contributed by atoms with Crippen LogP contribution in [0.15, 0.2) is 36.4 Å². The Morgan fingerprint density at radius 1 is 1.00 bits per heavy atom. The van der Waals surface area contributed by atoms with E-state index in [0.717, 1.165) is 18.4 Å². The normalized spacial score (nSPS) is 13.1. The van der Waals surface area contributed by atoms with Gasteiger partial charge in [-0.2, -0.15) is 0 Å². The van der Waals surface area contributed by atoms with Crippen molar-refractivity contribution in [2.24, 2.45) is 0 Å². The van der Waals surface area contributed by atoms with Gasteiger partial charge in [-0.15, -0.1) is 0 Å². The summed E-state index contributed by atoms with van der Waals surface area (Å²) in [7, 11) is -4.08. The van der Waals surface area contributed by atoms with Gasteiger partial charge in [-0.3, -0.25) is 13.9 Å². The van der Waals surface area contributed by atoms with Crippen LogP contribution in [0.1, 0.15) is 39.2 Å². The molecule has 2 atom stereocenters. The lowest BCUT2D eigenvalue weighted by molar-refractivity contribution is -0.140. The number of anilines is 1. The number of carbonyl (C=O) groups is 2. The molecule has 0 aliphatic carbocycles. The third-order valence-electron chi connectivity index (χ3n) is 5.59. The quantitative estimate of drug-likeness (QED) is 0.427. The molecular weight excluding hydrogens is 535 g/mol. The van der Waals surface area contributed by atoms with Crippen molar-refractivity contribution in [3.05, 3.63) is 63.6 Å². The monoisotopic (exact) mass is 563 g/mol. The first-order chi connectivity index (χ1) is 16.8. The van der Waals surface area contributed by atoms with Crippen molar-refractivity contribution in [1.29, 1.82) is 0 Å². The van der Waals surface area contributed by atoms with Gasteiger partial charge in [0.15, 0.2) is 11.6 Å². The van der Waals surface area contributed by atoms with Gasteiger partial charge in [0.1, 0.15) is 12.6 Å². The van der Waals surface area contributed by atoms with Crippen LogP contribution in [-0.2, 0) is 26.2 Å². The molecule has 0 radical (unpaired) electrons. The molecule has 0 aromatic heterocycles. The van der Waals surface area contributed by atoms with Crippen LogP contribution in [0.5, 0.6) is 0 Å². The minimum absolute atomic E-state index is 0.0719. The Bertz CT molecular complexity index is 1210. The molecule has 0 fully saturated rings. The molecule has 0 spiro atoms. The summed E-state index contributed by atoms with van der Waals surface area (Å²) in [5.41, 5.74) is 0.336. The predicted molar refractivity (Wildman–Crippen MR) is 138 cm³/mol. The van der Waals surface area contributed by atoms with E-state index in [1.807, 2.05) is 13.8 Å². The minimum Gasteiger partial charge on any atom is -0.352 e. The van der Waals surface area contributed by atoms with Crippen molar-refractivity contribution >= 4 is 50.7 Å². The summed E-state index contributed by atoms with van der Waals surface area (Å²) in [6, 6.07) is 6.17. The first-order valence-corrected chi connectivity index (χ1v) is 13.8. The third-order valence-corrected chi connectivity index (χ3v) is 7.47. The standard InChI is InChI=1S/C24H29Cl2F2N3O4S/c1-5-15(3)29-24(33)22(6-2)30(13-16-7-9-18(25)19(26)11-16)23(32)14-31(36(4,34)35)17-8-10-20(27)21(28)12-17/h7-12,15,22H,5-6,13-14H2,1-4H3,(H,29,33)/t15-,22+/m1/s1. The Balaban J connectivity index is 2.48. The molecule has 0 saturated carbocycles. The average molecular weight is 564 g/mol. The van der Waals surface area contributed by atoms with Crippen LogP contribution < -0.4 is 9.62 Å². The summed E-state index contributed by atoms with van der Waals surface area (Å²) in [5, 5.41) is 3.40. The van der Waals surface area contributed by atoms with Crippen molar-refractivity contribution in [2.75, 3.05) is 17.1 Å². The summed E-state index contributed by atoms with van der Waals surface area (Å²) in [4.78, 5) is 27.9. The van der Waals surface area contributed by atoms with Gasteiger partial charge in [0, 0.05) is 18.7 Å². The van der Waals surface area contributed by atoms with Gasteiger partial charge in [0.25, 0.3) is 0 Å². The molecule has 2 aromatic rings. The van der Waals surface area contributed by atoms with Gasteiger partial charge >= 0.3 is 0 Å². The smallest absolute Gasteiger partial charge is 0.244 e. The highest BCUT2D eigenvalue weighted by molar-refractivity contribution is 7.92. The molecular formula is C24H29Cl2F2N3O4S. The van der Waals surface area contributed by atoms with Gasteiger partial charge in [-0.05, 0) is 49.6 Å². The summed E-state index contributed by atoms with van der Waals surface area (Å²) in [5.74, 6) is -3.55. The van der Waals surface area contributed by atoms with E-state index in [1.54, 1.807) is 25.1 Å². The van der Waals surface area contributed by atoms with Crippen LogP contribution >= 0.6 is 23.2 Å². The lowest BCUT2D eigenvalue weighted by Crippen LogP contribution is -2.53. The first kappa shape index (κ1) is 29.8. The maximum Gasteiger partial charge on any atom is 0.244 e. The van der Waals surface area contributed by atoms with E-state index in [0.29, 0.717) is 27.4 Å². The maximum atomic E-state index is 13.9. The molecule has 198 valence electrons. The first-order valence-electron chi connectivity index (χ1n) is 11.2. The van der Waals surface area contributed by atoms with Gasteiger partial charge in [0.2, 0.25) is 21.8 Å². The summed E-state index contributed by atoms with van der Waals surface area (Å²) in [6.07, 6.45) is 1.75. The highest BCUT2D eigenvalue weighted by Gasteiger charge is 2.32. The number of benzene rings is 2. The Morgan fingerprint density at radius 2 is 1.67 bits per heavy atom. The van der Waals surface area contributed by atoms with Gasteiger partial charge < -0.3 is 10.2 Å².